The first kappa shape index (κ1) is 12.3. The van der Waals surface area contributed by atoms with E-state index in [1.807, 2.05) is 24.3 Å². The van der Waals surface area contributed by atoms with Crippen LogP contribution in [0.5, 0.6) is 0 Å². The van der Waals surface area contributed by atoms with Gasteiger partial charge < -0.3 is 0 Å². The molecule has 0 unspecified atom stereocenters. The number of hydrazone groups is 1. The van der Waals surface area contributed by atoms with Gasteiger partial charge >= 0.3 is 0 Å². The summed E-state index contributed by atoms with van der Waals surface area (Å²) in [5.74, 6) is 0.977. The molecule has 0 saturated heterocycles. The smallest absolute Gasteiger partial charge is 0.261 e. The van der Waals surface area contributed by atoms with E-state index < -0.39 is 0 Å². The number of benzene rings is 1. The van der Waals surface area contributed by atoms with Crippen LogP contribution in [0.25, 0.3) is 11.0 Å². The van der Waals surface area contributed by atoms with Crippen LogP contribution in [-0.2, 0) is 11.3 Å². The van der Waals surface area contributed by atoms with E-state index in [9.17, 15) is 4.79 Å². The third-order valence-electron chi connectivity index (χ3n) is 4.20. The maximum Gasteiger partial charge on any atom is 0.261 e. The maximum atomic E-state index is 12.0. The van der Waals surface area contributed by atoms with Gasteiger partial charge in [0.2, 0.25) is 0 Å². The average molecular weight is 281 g/mol. The van der Waals surface area contributed by atoms with Crippen LogP contribution in [-0.4, -0.2) is 26.6 Å². The molecule has 1 aromatic carbocycles. The Kier molecular flexibility index (Phi) is 2.80. The Hall–Kier alpha value is -2.50. The van der Waals surface area contributed by atoms with E-state index in [1.165, 1.54) is 0 Å². The van der Waals surface area contributed by atoms with Crippen molar-refractivity contribution in [2.45, 2.75) is 19.4 Å². The number of hydrogen-bond acceptors (Lipinski definition) is 4. The van der Waals surface area contributed by atoms with Gasteiger partial charge in [0.1, 0.15) is 12.1 Å². The number of aromatic nitrogens is 3. The topological polar surface area (TPSA) is 72.2 Å². The van der Waals surface area contributed by atoms with Crippen molar-refractivity contribution < 1.29 is 4.79 Å². The molecule has 1 saturated carbocycles. The van der Waals surface area contributed by atoms with E-state index in [4.69, 9.17) is 0 Å². The maximum absolute atomic E-state index is 12.0. The molecule has 2 atom stereocenters. The molecule has 0 bridgehead atoms. The molecule has 106 valence electrons. The Morgan fingerprint density at radius 1 is 1.43 bits per heavy atom. The minimum Gasteiger partial charge on any atom is -0.271 e. The second kappa shape index (κ2) is 4.80. The van der Waals surface area contributed by atoms with E-state index in [0.717, 1.165) is 29.6 Å². The van der Waals surface area contributed by atoms with Crippen molar-refractivity contribution in [1.82, 2.24) is 20.4 Å². The second-order valence-corrected chi connectivity index (χ2v) is 5.51. The first-order valence-corrected chi connectivity index (χ1v) is 7.11. The van der Waals surface area contributed by atoms with E-state index in [1.54, 1.807) is 4.68 Å². The summed E-state index contributed by atoms with van der Waals surface area (Å²) in [6, 6.07) is 7.58. The zero-order valence-electron chi connectivity index (χ0n) is 11.4. The lowest BCUT2D eigenvalue weighted by molar-refractivity contribution is -0.121. The molecule has 2 aliphatic rings. The first-order chi connectivity index (χ1) is 10.3. The van der Waals surface area contributed by atoms with Gasteiger partial charge in [-0.1, -0.05) is 29.5 Å². The molecule has 4 rings (SSSR count). The lowest BCUT2D eigenvalue weighted by Gasteiger charge is -2.31. The Morgan fingerprint density at radius 3 is 3.24 bits per heavy atom. The molecule has 0 aliphatic heterocycles. The zero-order chi connectivity index (χ0) is 14.2. The van der Waals surface area contributed by atoms with Crippen molar-refractivity contribution in [3.8, 4) is 0 Å². The summed E-state index contributed by atoms with van der Waals surface area (Å²) >= 11 is 0. The summed E-state index contributed by atoms with van der Waals surface area (Å²) in [5.41, 5.74) is 5.37. The summed E-state index contributed by atoms with van der Waals surface area (Å²) in [4.78, 5) is 12.0. The van der Waals surface area contributed by atoms with E-state index in [2.05, 4.69) is 33.0 Å². The highest BCUT2D eigenvalue weighted by molar-refractivity contribution is 5.94. The van der Waals surface area contributed by atoms with Crippen LogP contribution in [0.1, 0.15) is 12.8 Å². The van der Waals surface area contributed by atoms with Crippen LogP contribution in [0.15, 0.2) is 41.5 Å². The molecule has 1 fully saturated rings. The van der Waals surface area contributed by atoms with Crippen molar-refractivity contribution in [3.63, 3.8) is 0 Å². The van der Waals surface area contributed by atoms with Gasteiger partial charge in [0.05, 0.1) is 5.52 Å². The SMILES string of the molecule is O=C(Cn1nnc2ccccc21)N/N=C1/C[C@@H]2C=CC[C@H]12. The molecule has 1 amide bonds. The van der Waals surface area contributed by atoms with Gasteiger partial charge in [-0.05, 0) is 30.9 Å². The Bertz CT molecular complexity index is 760. The number of carbonyl (C=O) groups is 1. The summed E-state index contributed by atoms with van der Waals surface area (Å²) < 4.78 is 1.59. The van der Waals surface area contributed by atoms with Gasteiger partial charge in [-0.2, -0.15) is 5.10 Å². The number of para-hydroxylation sites is 1. The van der Waals surface area contributed by atoms with Crippen LogP contribution in [0.3, 0.4) is 0 Å². The molecule has 6 nitrogen and oxygen atoms in total. The largest absolute Gasteiger partial charge is 0.271 e. The van der Waals surface area contributed by atoms with Crippen LogP contribution in [0, 0.1) is 11.8 Å². The number of fused-ring (bicyclic) bond motifs is 2. The molecule has 0 spiro atoms. The quantitative estimate of drug-likeness (QED) is 0.684. The fraction of sp³-hybridized carbons (Fsp3) is 0.333. The zero-order valence-corrected chi connectivity index (χ0v) is 11.4. The minimum atomic E-state index is -0.174. The lowest BCUT2D eigenvalue weighted by Crippen LogP contribution is -2.36. The van der Waals surface area contributed by atoms with Crippen molar-refractivity contribution in [2.24, 2.45) is 16.9 Å². The third kappa shape index (κ3) is 2.12. The van der Waals surface area contributed by atoms with Crippen LogP contribution >= 0.6 is 0 Å². The summed E-state index contributed by atoms with van der Waals surface area (Å²) in [7, 11) is 0. The van der Waals surface area contributed by atoms with E-state index in [-0.39, 0.29) is 12.5 Å². The molecule has 1 N–H and O–H groups in total. The van der Waals surface area contributed by atoms with Crippen molar-refractivity contribution in [3.05, 3.63) is 36.4 Å². The molecule has 1 aromatic heterocycles. The molecule has 2 aliphatic carbocycles. The normalized spacial score (nSPS) is 25.0. The second-order valence-electron chi connectivity index (χ2n) is 5.51. The fourth-order valence-corrected chi connectivity index (χ4v) is 3.00. The molecule has 0 radical (unpaired) electrons. The summed E-state index contributed by atoms with van der Waals surface area (Å²) in [6.45, 7) is 0.129. The Labute approximate surface area is 121 Å². The first-order valence-electron chi connectivity index (χ1n) is 7.11. The number of allylic oxidation sites excluding steroid dienone is 2. The number of amides is 1. The molecule has 21 heavy (non-hydrogen) atoms. The van der Waals surface area contributed by atoms with Gasteiger partial charge in [0.25, 0.3) is 5.91 Å². The van der Waals surface area contributed by atoms with Gasteiger partial charge in [0, 0.05) is 11.6 Å². The van der Waals surface area contributed by atoms with Gasteiger partial charge in [-0.3, -0.25) is 4.79 Å². The van der Waals surface area contributed by atoms with Gasteiger partial charge in [-0.25, -0.2) is 10.1 Å². The van der Waals surface area contributed by atoms with Crippen molar-refractivity contribution in [1.29, 1.82) is 0 Å². The van der Waals surface area contributed by atoms with Crippen LogP contribution in [0.2, 0.25) is 0 Å². The average Bonchev–Trinajstić information content (AvgIpc) is 3.04. The highest BCUT2D eigenvalue weighted by Crippen LogP contribution is 2.39. The lowest BCUT2D eigenvalue weighted by atomic mass is 9.74. The van der Waals surface area contributed by atoms with E-state index >= 15 is 0 Å². The van der Waals surface area contributed by atoms with Crippen LogP contribution < -0.4 is 5.43 Å². The number of rotatable bonds is 3. The van der Waals surface area contributed by atoms with Gasteiger partial charge in [0.15, 0.2) is 0 Å². The van der Waals surface area contributed by atoms with Crippen molar-refractivity contribution >= 4 is 22.7 Å². The number of nitrogens with zero attached hydrogens (tertiary/aromatic N) is 4. The molecular formula is C15H15N5O. The highest BCUT2D eigenvalue weighted by Gasteiger charge is 2.37. The number of carbonyl (C=O) groups excluding carboxylic acids is 1. The number of nitrogens with one attached hydrogen (secondary N) is 1. The third-order valence-corrected chi connectivity index (χ3v) is 4.20. The fourth-order valence-electron chi connectivity index (χ4n) is 3.00. The molecular weight excluding hydrogens is 266 g/mol. The van der Waals surface area contributed by atoms with Crippen LogP contribution in [0.4, 0.5) is 0 Å². The number of hydrogen-bond donors (Lipinski definition) is 1. The summed E-state index contributed by atoms with van der Waals surface area (Å²) in [6.07, 6.45) is 6.45. The Morgan fingerprint density at radius 2 is 2.33 bits per heavy atom. The standard InChI is InChI=1S/C15H15N5O/c21-15(18-16-13-8-10-4-3-5-11(10)13)9-20-14-7-2-1-6-12(14)17-19-20/h1-4,6-7,10-11H,5,8-9H2,(H,18,21)/b16-13-/t10-,11-/m0/s1. The van der Waals surface area contributed by atoms with Gasteiger partial charge in [-0.15, -0.1) is 5.10 Å². The minimum absolute atomic E-state index is 0.129. The predicted molar refractivity (Wildman–Crippen MR) is 78.5 cm³/mol. The Balaban J connectivity index is 1.41. The predicted octanol–water partition coefficient (Wildman–Crippen LogP) is 1.50. The monoisotopic (exact) mass is 281 g/mol. The molecule has 1 heterocycles. The molecule has 2 aromatic rings. The van der Waals surface area contributed by atoms with E-state index in [0.29, 0.717) is 11.8 Å². The van der Waals surface area contributed by atoms with Crippen molar-refractivity contribution in [2.75, 3.05) is 0 Å². The molecule has 6 heteroatoms. The highest BCUT2D eigenvalue weighted by atomic mass is 16.2. The summed E-state index contributed by atoms with van der Waals surface area (Å²) in [5, 5.41) is 12.3.